The van der Waals surface area contributed by atoms with Crippen LogP contribution in [0.4, 0.5) is 5.69 Å². The highest BCUT2D eigenvalue weighted by molar-refractivity contribution is 6.03. The van der Waals surface area contributed by atoms with Crippen molar-refractivity contribution in [1.29, 1.82) is 0 Å². The van der Waals surface area contributed by atoms with Crippen LogP contribution in [0.15, 0.2) is 18.2 Å². The van der Waals surface area contributed by atoms with Gasteiger partial charge in [-0.1, -0.05) is 6.07 Å². The van der Waals surface area contributed by atoms with E-state index in [0.717, 1.165) is 12.8 Å². The zero-order valence-electron chi connectivity index (χ0n) is 11.0. The van der Waals surface area contributed by atoms with Gasteiger partial charge in [-0.15, -0.1) is 0 Å². The number of hydrogen-bond acceptors (Lipinski definition) is 4. The predicted molar refractivity (Wildman–Crippen MR) is 72.0 cm³/mol. The number of carboxylic acids is 1. The van der Waals surface area contributed by atoms with E-state index in [4.69, 9.17) is 10.5 Å². The minimum atomic E-state index is -1.06. The molecule has 1 aliphatic heterocycles. The molecule has 3 N–H and O–H groups in total. The Hall–Kier alpha value is -2.08. The van der Waals surface area contributed by atoms with Crippen LogP contribution in [0.3, 0.4) is 0 Å². The number of para-hydroxylation sites is 1. The lowest BCUT2D eigenvalue weighted by Gasteiger charge is -2.32. The summed E-state index contributed by atoms with van der Waals surface area (Å²) in [7, 11) is 0. The summed E-state index contributed by atoms with van der Waals surface area (Å²) in [4.78, 5) is 25.4. The van der Waals surface area contributed by atoms with E-state index in [1.54, 1.807) is 17.0 Å². The number of fused-ring (bicyclic) bond motifs is 1. The SMILES string of the molecule is NCC1(C(=O)N2CCOc3c(C(=O)O)cccc32)CC1. The summed E-state index contributed by atoms with van der Waals surface area (Å²) in [6.45, 7) is 1.05. The first kappa shape index (κ1) is 12.9. The third-order valence-corrected chi connectivity index (χ3v) is 4.02. The van der Waals surface area contributed by atoms with Gasteiger partial charge < -0.3 is 20.5 Å². The van der Waals surface area contributed by atoms with Crippen LogP contribution in [0.1, 0.15) is 23.2 Å². The maximum atomic E-state index is 12.6. The fourth-order valence-electron chi connectivity index (χ4n) is 2.57. The Morgan fingerprint density at radius 2 is 2.15 bits per heavy atom. The first-order valence-electron chi connectivity index (χ1n) is 6.60. The maximum absolute atomic E-state index is 12.6. The number of benzene rings is 1. The number of carboxylic acid groups (broad SMARTS) is 1. The molecule has 20 heavy (non-hydrogen) atoms. The van der Waals surface area contributed by atoms with Gasteiger partial charge in [0, 0.05) is 6.54 Å². The van der Waals surface area contributed by atoms with E-state index in [-0.39, 0.29) is 17.2 Å². The zero-order chi connectivity index (χ0) is 14.3. The number of rotatable bonds is 3. The fourth-order valence-corrected chi connectivity index (χ4v) is 2.57. The summed E-state index contributed by atoms with van der Waals surface area (Å²) < 4.78 is 5.46. The monoisotopic (exact) mass is 276 g/mol. The van der Waals surface area contributed by atoms with Crippen LogP contribution in [-0.2, 0) is 4.79 Å². The maximum Gasteiger partial charge on any atom is 0.339 e. The standard InChI is InChI=1S/C14H16N2O4/c15-8-14(4-5-14)13(19)16-6-7-20-11-9(12(17)18)2-1-3-10(11)16/h1-3H,4-8,15H2,(H,17,18). The van der Waals surface area contributed by atoms with Gasteiger partial charge in [0.2, 0.25) is 5.91 Å². The number of hydrogen-bond donors (Lipinski definition) is 2. The molecule has 1 aromatic rings. The molecule has 1 saturated carbocycles. The first-order chi connectivity index (χ1) is 9.59. The van der Waals surface area contributed by atoms with E-state index in [9.17, 15) is 14.7 Å². The van der Waals surface area contributed by atoms with Gasteiger partial charge in [-0.05, 0) is 25.0 Å². The minimum Gasteiger partial charge on any atom is -0.489 e. The second-order valence-corrected chi connectivity index (χ2v) is 5.25. The second-order valence-electron chi connectivity index (χ2n) is 5.25. The molecule has 0 aromatic heterocycles. The normalized spacial score (nSPS) is 18.9. The van der Waals surface area contributed by atoms with Crippen molar-refractivity contribution in [2.24, 2.45) is 11.1 Å². The Balaban J connectivity index is 2.01. The zero-order valence-corrected chi connectivity index (χ0v) is 11.0. The average Bonchev–Trinajstić information content (AvgIpc) is 3.26. The molecule has 3 rings (SSSR count). The predicted octanol–water partition coefficient (Wildman–Crippen LogP) is 0.849. The summed E-state index contributed by atoms with van der Waals surface area (Å²) in [6.07, 6.45) is 1.60. The first-order valence-corrected chi connectivity index (χ1v) is 6.60. The van der Waals surface area contributed by atoms with Gasteiger partial charge in [0.05, 0.1) is 17.6 Å². The van der Waals surface area contributed by atoms with Gasteiger partial charge in [0.25, 0.3) is 0 Å². The van der Waals surface area contributed by atoms with E-state index >= 15 is 0 Å². The molecule has 2 aliphatic rings. The van der Waals surface area contributed by atoms with Crippen molar-refractivity contribution in [3.63, 3.8) is 0 Å². The lowest BCUT2D eigenvalue weighted by Crippen LogP contribution is -2.44. The van der Waals surface area contributed by atoms with Crippen molar-refractivity contribution in [3.05, 3.63) is 23.8 Å². The van der Waals surface area contributed by atoms with Gasteiger partial charge in [-0.2, -0.15) is 0 Å². The molecule has 6 heteroatoms. The van der Waals surface area contributed by atoms with Crippen molar-refractivity contribution in [3.8, 4) is 5.75 Å². The molecule has 0 bridgehead atoms. The van der Waals surface area contributed by atoms with Crippen molar-refractivity contribution >= 4 is 17.6 Å². The van der Waals surface area contributed by atoms with Crippen LogP contribution in [0.2, 0.25) is 0 Å². The molecular formula is C14H16N2O4. The van der Waals surface area contributed by atoms with E-state index in [2.05, 4.69) is 0 Å². The number of amides is 1. The number of anilines is 1. The number of nitrogens with zero attached hydrogens (tertiary/aromatic N) is 1. The van der Waals surface area contributed by atoms with Crippen molar-refractivity contribution < 1.29 is 19.4 Å². The highest BCUT2D eigenvalue weighted by Gasteiger charge is 2.51. The van der Waals surface area contributed by atoms with Gasteiger partial charge >= 0.3 is 5.97 Å². The average molecular weight is 276 g/mol. The molecular weight excluding hydrogens is 260 g/mol. The molecule has 1 heterocycles. The number of nitrogens with two attached hydrogens (primary N) is 1. The van der Waals surface area contributed by atoms with Gasteiger partial charge in [0.1, 0.15) is 12.2 Å². The number of ether oxygens (including phenoxy) is 1. The van der Waals surface area contributed by atoms with Gasteiger partial charge in [0.15, 0.2) is 5.75 Å². The quantitative estimate of drug-likeness (QED) is 0.853. The third-order valence-electron chi connectivity index (χ3n) is 4.02. The smallest absolute Gasteiger partial charge is 0.339 e. The number of carbonyl (C=O) groups is 2. The van der Waals surface area contributed by atoms with Crippen LogP contribution in [0.5, 0.6) is 5.75 Å². The Morgan fingerprint density at radius 3 is 2.75 bits per heavy atom. The second kappa shape index (κ2) is 4.49. The van der Waals surface area contributed by atoms with Crippen molar-refractivity contribution in [2.45, 2.75) is 12.8 Å². The fraction of sp³-hybridized carbons (Fsp3) is 0.429. The highest BCUT2D eigenvalue weighted by Crippen LogP contribution is 2.48. The largest absolute Gasteiger partial charge is 0.489 e. The van der Waals surface area contributed by atoms with Gasteiger partial charge in [-0.25, -0.2) is 4.79 Å². The summed E-state index contributed by atoms with van der Waals surface area (Å²) in [5.41, 5.74) is 5.86. The lowest BCUT2D eigenvalue weighted by atomic mass is 10.0. The van der Waals surface area contributed by atoms with E-state index in [1.165, 1.54) is 6.07 Å². The summed E-state index contributed by atoms with van der Waals surface area (Å²) >= 11 is 0. The summed E-state index contributed by atoms with van der Waals surface area (Å²) in [5, 5.41) is 9.18. The van der Waals surface area contributed by atoms with Crippen LogP contribution >= 0.6 is 0 Å². The molecule has 1 fully saturated rings. The number of carbonyl (C=O) groups excluding carboxylic acids is 1. The molecule has 106 valence electrons. The Morgan fingerprint density at radius 1 is 1.40 bits per heavy atom. The van der Waals surface area contributed by atoms with Crippen LogP contribution in [-0.4, -0.2) is 36.7 Å². The van der Waals surface area contributed by atoms with Crippen molar-refractivity contribution in [2.75, 3.05) is 24.6 Å². The molecule has 0 radical (unpaired) electrons. The minimum absolute atomic E-state index is 0.0212. The molecule has 0 atom stereocenters. The highest BCUT2D eigenvalue weighted by atomic mass is 16.5. The molecule has 0 saturated heterocycles. The molecule has 1 aliphatic carbocycles. The molecule has 0 unspecified atom stereocenters. The van der Waals surface area contributed by atoms with Crippen LogP contribution < -0.4 is 15.4 Å². The summed E-state index contributed by atoms with van der Waals surface area (Å²) in [5.74, 6) is -0.810. The molecule has 6 nitrogen and oxygen atoms in total. The molecule has 1 aromatic carbocycles. The van der Waals surface area contributed by atoms with Crippen molar-refractivity contribution in [1.82, 2.24) is 0 Å². The Bertz CT molecular complexity index is 581. The lowest BCUT2D eigenvalue weighted by molar-refractivity contribution is -0.123. The van der Waals surface area contributed by atoms with Crippen LogP contribution in [0.25, 0.3) is 0 Å². The van der Waals surface area contributed by atoms with Gasteiger partial charge in [-0.3, -0.25) is 4.79 Å². The van der Waals surface area contributed by atoms with E-state index in [1.807, 2.05) is 0 Å². The van der Waals surface area contributed by atoms with E-state index in [0.29, 0.717) is 25.4 Å². The topological polar surface area (TPSA) is 92.9 Å². The Kier molecular flexibility index (Phi) is 2.90. The Labute approximate surface area is 116 Å². The number of aromatic carboxylic acids is 1. The third kappa shape index (κ3) is 1.84. The van der Waals surface area contributed by atoms with E-state index < -0.39 is 11.4 Å². The molecule has 1 amide bonds. The summed E-state index contributed by atoms with van der Waals surface area (Å²) in [6, 6.07) is 4.82. The molecule has 0 spiro atoms. The van der Waals surface area contributed by atoms with Crippen LogP contribution in [0, 0.1) is 5.41 Å².